The van der Waals surface area contributed by atoms with Crippen molar-refractivity contribution in [3.05, 3.63) is 12.3 Å². The Hall–Kier alpha value is -0.500. The molecule has 0 aliphatic heterocycles. The van der Waals surface area contributed by atoms with Crippen molar-refractivity contribution in [1.82, 2.24) is 5.32 Å². The number of hydrogen-bond acceptors (Lipinski definition) is 2. The van der Waals surface area contributed by atoms with Crippen molar-refractivity contribution < 1.29 is 0 Å². The number of hydrogen-bond donors (Lipinski definition) is 2. The van der Waals surface area contributed by atoms with Crippen LogP contribution in [0, 0.1) is 0 Å². The van der Waals surface area contributed by atoms with Crippen LogP contribution < -0.4 is 11.1 Å². The van der Waals surface area contributed by atoms with Gasteiger partial charge in [0, 0.05) is 0 Å². The highest BCUT2D eigenvalue weighted by Gasteiger charge is 1.83. The quantitative estimate of drug-likeness (QED) is 0.607. The van der Waals surface area contributed by atoms with Crippen LogP contribution in [0.4, 0.5) is 0 Å². The van der Waals surface area contributed by atoms with E-state index in [9.17, 15) is 0 Å². The first-order valence-electron chi connectivity index (χ1n) is 6.40. The maximum atomic E-state index is 5.03. The van der Waals surface area contributed by atoms with E-state index in [0.717, 1.165) is 6.42 Å². The Kier molecular flexibility index (Phi) is 21.6. The minimum absolute atomic E-state index is 1.11. The minimum Gasteiger partial charge on any atom is -0.405 e. The van der Waals surface area contributed by atoms with Crippen molar-refractivity contribution in [3.8, 4) is 0 Å². The fourth-order valence-electron chi connectivity index (χ4n) is 0.991. The molecule has 0 bridgehead atoms. The van der Waals surface area contributed by atoms with Crippen LogP contribution in [0.5, 0.6) is 0 Å². The Labute approximate surface area is 96.3 Å². The molecule has 0 saturated carbocycles. The molecule has 2 nitrogen and oxygen atoms in total. The van der Waals surface area contributed by atoms with Crippen molar-refractivity contribution in [1.29, 1.82) is 0 Å². The Morgan fingerprint density at radius 2 is 1.47 bits per heavy atom. The van der Waals surface area contributed by atoms with Gasteiger partial charge in [-0.3, -0.25) is 0 Å². The second-order valence-electron chi connectivity index (χ2n) is 3.67. The Morgan fingerprint density at radius 3 is 1.73 bits per heavy atom. The van der Waals surface area contributed by atoms with Gasteiger partial charge in [-0.1, -0.05) is 46.1 Å². The number of nitrogens with one attached hydrogen (secondary N) is 1. The molecular weight excluding hydrogens is 184 g/mol. The third kappa shape index (κ3) is 24.7. The summed E-state index contributed by atoms with van der Waals surface area (Å²) in [5.41, 5.74) is 5.03. The van der Waals surface area contributed by atoms with Gasteiger partial charge in [-0.05, 0) is 38.6 Å². The van der Waals surface area contributed by atoms with Gasteiger partial charge in [0.25, 0.3) is 0 Å². The van der Waals surface area contributed by atoms with Crippen molar-refractivity contribution in [2.24, 2.45) is 5.73 Å². The summed E-state index contributed by atoms with van der Waals surface area (Å²) in [7, 11) is 0. The van der Waals surface area contributed by atoms with Gasteiger partial charge in [-0.2, -0.15) is 0 Å². The molecule has 0 rings (SSSR count). The Morgan fingerprint density at radius 1 is 0.933 bits per heavy atom. The largest absolute Gasteiger partial charge is 0.405 e. The molecule has 0 unspecified atom stereocenters. The van der Waals surface area contributed by atoms with Gasteiger partial charge in [-0.15, -0.1) is 0 Å². The zero-order valence-corrected chi connectivity index (χ0v) is 10.9. The molecule has 0 aliphatic rings. The van der Waals surface area contributed by atoms with Crippen LogP contribution in [0.3, 0.4) is 0 Å². The molecule has 0 radical (unpaired) electrons. The van der Waals surface area contributed by atoms with E-state index in [2.05, 4.69) is 26.1 Å². The van der Waals surface area contributed by atoms with E-state index >= 15 is 0 Å². The number of allylic oxidation sites excluding steroid dienone is 1. The second-order valence-corrected chi connectivity index (χ2v) is 3.67. The zero-order valence-electron chi connectivity index (χ0n) is 10.9. The molecule has 92 valence electrons. The van der Waals surface area contributed by atoms with Crippen LogP contribution in [0.1, 0.15) is 59.3 Å². The standard InChI is InChI=1S/C8H19N.C5H11N/c1-3-5-7-9-8-6-4-2;1-2-3-4-5-6/h9H,3-8H2,1-2H3;4-5H,2-3,6H2,1H3. The molecule has 0 saturated heterocycles. The fraction of sp³-hybridized carbons (Fsp3) is 0.846. The molecule has 0 aromatic rings. The third-order valence-corrected chi connectivity index (χ3v) is 2.01. The molecule has 0 amide bonds. The van der Waals surface area contributed by atoms with Crippen LogP contribution in [0.25, 0.3) is 0 Å². The van der Waals surface area contributed by atoms with E-state index in [0.29, 0.717) is 0 Å². The number of unbranched alkanes of at least 4 members (excludes halogenated alkanes) is 3. The van der Waals surface area contributed by atoms with Gasteiger partial charge in [0.15, 0.2) is 0 Å². The highest BCUT2D eigenvalue weighted by atomic mass is 14.8. The summed E-state index contributed by atoms with van der Waals surface area (Å²) in [5.74, 6) is 0. The molecule has 0 aliphatic carbocycles. The molecule has 0 atom stereocenters. The first kappa shape index (κ1) is 16.9. The Bertz CT molecular complexity index is 105. The molecular formula is C13H30N2. The lowest BCUT2D eigenvalue weighted by Crippen LogP contribution is -2.15. The lowest BCUT2D eigenvalue weighted by molar-refractivity contribution is 0.611. The summed E-state index contributed by atoms with van der Waals surface area (Å²) in [5, 5.41) is 3.39. The summed E-state index contributed by atoms with van der Waals surface area (Å²) in [6, 6.07) is 0. The van der Waals surface area contributed by atoms with Crippen LogP contribution in [0.2, 0.25) is 0 Å². The lowest BCUT2D eigenvalue weighted by Gasteiger charge is -1.99. The molecule has 0 fully saturated rings. The van der Waals surface area contributed by atoms with Crippen molar-refractivity contribution >= 4 is 0 Å². The van der Waals surface area contributed by atoms with Gasteiger partial charge >= 0.3 is 0 Å². The number of nitrogens with two attached hydrogens (primary N) is 1. The topological polar surface area (TPSA) is 38.0 Å². The van der Waals surface area contributed by atoms with E-state index < -0.39 is 0 Å². The van der Waals surface area contributed by atoms with Crippen LogP contribution in [0.15, 0.2) is 12.3 Å². The van der Waals surface area contributed by atoms with Gasteiger partial charge < -0.3 is 11.1 Å². The average molecular weight is 214 g/mol. The highest BCUT2D eigenvalue weighted by Crippen LogP contribution is 1.85. The van der Waals surface area contributed by atoms with Crippen LogP contribution in [-0.4, -0.2) is 13.1 Å². The summed E-state index contributed by atoms with van der Waals surface area (Å²) in [6.07, 6.45) is 11.1. The first-order valence-corrected chi connectivity index (χ1v) is 6.40. The van der Waals surface area contributed by atoms with Gasteiger partial charge in [0.2, 0.25) is 0 Å². The molecule has 2 heteroatoms. The van der Waals surface area contributed by atoms with E-state index in [1.807, 2.05) is 6.08 Å². The summed E-state index contributed by atoms with van der Waals surface area (Å²) < 4.78 is 0. The monoisotopic (exact) mass is 214 g/mol. The van der Waals surface area contributed by atoms with Crippen LogP contribution in [-0.2, 0) is 0 Å². The normalized spacial score (nSPS) is 10.1. The molecule has 0 aromatic heterocycles. The summed E-state index contributed by atoms with van der Waals surface area (Å²) in [6.45, 7) is 8.98. The smallest absolute Gasteiger partial charge is 0.00490 e. The number of rotatable bonds is 8. The van der Waals surface area contributed by atoms with E-state index in [1.54, 1.807) is 6.20 Å². The van der Waals surface area contributed by atoms with Crippen molar-refractivity contribution in [2.75, 3.05) is 13.1 Å². The van der Waals surface area contributed by atoms with Crippen LogP contribution >= 0.6 is 0 Å². The highest BCUT2D eigenvalue weighted by molar-refractivity contribution is 4.73. The first-order chi connectivity index (χ1) is 7.33. The second kappa shape index (κ2) is 19.1. The van der Waals surface area contributed by atoms with E-state index in [-0.39, 0.29) is 0 Å². The van der Waals surface area contributed by atoms with Gasteiger partial charge in [0.05, 0.1) is 0 Å². The minimum atomic E-state index is 1.11. The predicted octanol–water partition coefficient (Wildman–Crippen LogP) is 3.44. The molecule has 0 spiro atoms. The maximum Gasteiger partial charge on any atom is -0.00490 e. The average Bonchev–Trinajstić information content (AvgIpc) is 2.27. The molecule has 0 heterocycles. The van der Waals surface area contributed by atoms with Gasteiger partial charge in [0.1, 0.15) is 0 Å². The molecule has 15 heavy (non-hydrogen) atoms. The fourth-order valence-corrected chi connectivity index (χ4v) is 0.991. The SMILES string of the molecule is CCCC=CN.CCCCNCCCC. The maximum absolute atomic E-state index is 5.03. The Balaban J connectivity index is 0. The van der Waals surface area contributed by atoms with E-state index in [4.69, 9.17) is 5.73 Å². The summed E-state index contributed by atoms with van der Waals surface area (Å²) >= 11 is 0. The van der Waals surface area contributed by atoms with E-state index in [1.165, 1.54) is 45.2 Å². The van der Waals surface area contributed by atoms with Crippen molar-refractivity contribution in [3.63, 3.8) is 0 Å². The van der Waals surface area contributed by atoms with Gasteiger partial charge in [-0.25, -0.2) is 0 Å². The molecule has 3 N–H and O–H groups in total. The zero-order chi connectivity index (χ0) is 11.8. The third-order valence-electron chi connectivity index (χ3n) is 2.01. The lowest BCUT2D eigenvalue weighted by atomic mass is 10.3. The predicted molar refractivity (Wildman–Crippen MR) is 70.9 cm³/mol. The van der Waals surface area contributed by atoms with Crippen molar-refractivity contribution in [2.45, 2.75) is 59.3 Å². The summed E-state index contributed by atoms with van der Waals surface area (Å²) in [4.78, 5) is 0. The molecule has 0 aromatic carbocycles.